The van der Waals surface area contributed by atoms with Crippen molar-refractivity contribution >= 4 is 18.3 Å². The molecular weight excluding hydrogens is 194 g/mol. The predicted molar refractivity (Wildman–Crippen MR) is 55.3 cm³/mol. The maximum Gasteiger partial charge on any atom is 0.356 e. The van der Waals surface area contributed by atoms with E-state index in [2.05, 4.69) is 9.72 Å². The Morgan fingerprint density at radius 3 is 3.07 bits per heavy atom. The number of ether oxygens (including phenoxy) is 1. The number of carbonyl (C=O) groups is 2. The first-order valence-corrected chi connectivity index (χ1v) is 4.42. The Bertz CT molecular complexity index is 385. The molecule has 0 amide bonds. The van der Waals surface area contributed by atoms with Gasteiger partial charge in [0, 0.05) is 12.6 Å². The summed E-state index contributed by atoms with van der Waals surface area (Å²) in [4.78, 5) is 25.1. The van der Waals surface area contributed by atoms with Crippen LogP contribution in [0.4, 0.5) is 0 Å². The average Bonchev–Trinajstić information content (AvgIpc) is 2.29. The molecule has 1 heterocycles. The third kappa shape index (κ3) is 3.34. The fraction of sp³-hybridized carbons (Fsp3) is 0.182. The third-order valence-electron chi connectivity index (χ3n) is 1.72. The lowest BCUT2D eigenvalue weighted by atomic mass is 10.2. The zero-order valence-electron chi connectivity index (χ0n) is 8.34. The van der Waals surface area contributed by atoms with Crippen molar-refractivity contribution in [3.05, 3.63) is 35.7 Å². The van der Waals surface area contributed by atoms with Crippen LogP contribution >= 0.6 is 0 Å². The van der Waals surface area contributed by atoms with Gasteiger partial charge in [-0.1, -0.05) is 12.2 Å². The standard InChI is InChI=1S/C11H11NO3/c1-15-11(14)10-8-9(5-6-12-10)4-2-3-7-13/h2,4-8H,3H2,1H3. The van der Waals surface area contributed by atoms with Gasteiger partial charge in [-0.05, 0) is 17.7 Å². The molecule has 0 N–H and O–H groups in total. The number of pyridine rings is 1. The van der Waals surface area contributed by atoms with E-state index < -0.39 is 5.97 Å². The van der Waals surface area contributed by atoms with Gasteiger partial charge in [0.1, 0.15) is 12.0 Å². The molecule has 0 radical (unpaired) electrons. The highest BCUT2D eigenvalue weighted by atomic mass is 16.5. The van der Waals surface area contributed by atoms with Crippen molar-refractivity contribution in [3.8, 4) is 0 Å². The molecule has 0 saturated carbocycles. The van der Waals surface area contributed by atoms with E-state index >= 15 is 0 Å². The van der Waals surface area contributed by atoms with Crippen molar-refractivity contribution in [1.82, 2.24) is 4.98 Å². The van der Waals surface area contributed by atoms with Gasteiger partial charge in [-0.2, -0.15) is 0 Å². The van der Waals surface area contributed by atoms with Gasteiger partial charge in [0.05, 0.1) is 7.11 Å². The van der Waals surface area contributed by atoms with E-state index in [1.165, 1.54) is 13.3 Å². The van der Waals surface area contributed by atoms with E-state index in [1.54, 1.807) is 24.3 Å². The van der Waals surface area contributed by atoms with Gasteiger partial charge in [-0.3, -0.25) is 0 Å². The minimum atomic E-state index is -0.472. The zero-order valence-corrected chi connectivity index (χ0v) is 8.34. The van der Waals surface area contributed by atoms with E-state index in [0.717, 1.165) is 11.8 Å². The molecule has 1 aromatic rings. The molecule has 1 aromatic heterocycles. The maximum absolute atomic E-state index is 11.1. The van der Waals surface area contributed by atoms with Gasteiger partial charge in [0.25, 0.3) is 0 Å². The van der Waals surface area contributed by atoms with Crippen molar-refractivity contribution in [1.29, 1.82) is 0 Å². The average molecular weight is 205 g/mol. The van der Waals surface area contributed by atoms with Crippen LogP contribution in [0, 0.1) is 0 Å². The first kappa shape index (κ1) is 11.1. The number of hydrogen-bond acceptors (Lipinski definition) is 4. The molecule has 0 aromatic carbocycles. The van der Waals surface area contributed by atoms with E-state index in [9.17, 15) is 9.59 Å². The Morgan fingerprint density at radius 1 is 1.60 bits per heavy atom. The molecule has 0 saturated heterocycles. The Kier molecular flexibility index (Phi) is 4.22. The summed E-state index contributed by atoms with van der Waals surface area (Å²) < 4.78 is 4.54. The van der Waals surface area contributed by atoms with Crippen LogP contribution in [-0.2, 0) is 9.53 Å². The monoisotopic (exact) mass is 205 g/mol. The van der Waals surface area contributed by atoms with Crippen molar-refractivity contribution in [2.75, 3.05) is 7.11 Å². The van der Waals surface area contributed by atoms with Crippen LogP contribution in [0.15, 0.2) is 24.4 Å². The van der Waals surface area contributed by atoms with Crippen LogP contribution in [0.2, 0.25) is 0 Å². The summed E-state index contributed by atoms with van der Waals surface area (Å²) in [6, 6.07) is 3.35. The molecule has 0 aliphatic rings. The van der Waals surface area contributed by atoms with Gasteiger partial charge >= 0.3 is 5.97 Å². The fourth-order valence-electron chi connectivity index (χ4n) is 1.03. The van der Waals surface area contributed by atoms with Crippen molar-refractivity contribution in [3.63, 3.8) is 0 Å². The van der Waals surface area contributed by atoms with Crippen molar-refractivity contribution in [2.45, 2.75) is 6.42 Å². The Morgan fingerprint density at radius 2 is 2.40 bits per heavy atom. The number of aldehydes is 1. The minimum absolute atomic E-state index is 0.255. The number of nitrogens with zero attached hydrogens (tertiary/aromatic N) is 1. The highest BCUT2D eigenvalue weighted by Crippen LogP contribution is 2.05. The predicted octanol–water partition coefficient (Wildman–Crippen LogP) is 1.47. The van der Waals surface area contributed by atoms with E-state index in [-0.39, 0.29) is 5.69 Å². The number of allylic oxidation sites excluding steroid dienone is 1. The highest BCUT2D eigenvalue weighted by molar-refractivity contribution is 5.87. The number of esters is 1. The van der Waals surface area contributed by atoms with Gasteiger partial charge in [0.15, 0.2) is 0 Å². The normalized spacial score (nSPS) is 10.2. The van der Waals surface area contributed by atoms with Crippen LogP contribution in [-0.4, -0.2) is 24.3 Å². The van der Waals surface area contributed by atoms with Crippen molar-refractivity contribution < 1.29 is 14.3 Å². The number of methoxy groups -OCH3 is 1. The Balaban J connectivity index is 2.82. The number of rotatable bonds is 4. The molecule has 4 nitrogen and oxygen atoms in total. The van der Waals surface area contributed by atoms with Gasteiger partial charge in [-0.25, -0.2) is 9.78 Å². The van der Waals surface area contributed by atoms with E-state index in [4.69, 9.17) is 0 Å². The molecule has 4 heteroatoms. The summed E-state index contributed by atoms with van der Waals surface area (Å²) in [5.41, 5.74) is 1.07. The topological polar surface area (TPSA) is 56.3 Å². The summed E-state index contributed by atoms with van der Waals surface area (Å²) in [5, 5.41) is 0. The summed E-state index contributed by atoms with van der Waals surface area (Å²) >= 11 is 0. The molecule has 15 heavy (non-hydrogen) atoms. The molecule has 0 fully saturated rings. The summed E-state index contributed by atoms with van der Waals surface area (Å²) in [6.45, 7) is 0. The number of hydrogen-bond donors (Lipinski definition) is 0. The molecule has 0 atom stereocenters. The largest absolute Gasteiger partial charge is 0.464 e. The first-order valence-electron chi connectivity index (χ1n) is 4.42. The molecule has 0 bridgehead atoms. The second-order valence-corrected chi connectivity index (χ2v) is 2.77. The summed E-state index contributed by atoms with van der Waals surface area (Å²) in [7, 11) is 1.30. The fourth-order valence-corrected chi connectivity index (χ4v) is 1.03. The van der Waals surface area contributed by atoms with Gasteiger partial charge in [0.2, 0.25) is 0 Å². The van der Waals surface area contributed by atoms with Crippen LogP contribution in [0.25, 0.3) is 6.08 Å². The highest BCUT2D eigenvalue weighted by Gasteiger charge is 2.05. The van der Waals surface area contributed by atoms with Crippen LogP contribution in [0.1, 0.15) is 22.5 Å². The second-order valence-electron chi connectivity index (χ2n) is 2.77. The second kappa shape index (κ2) is 5.70. The number of aromatic nitrogens is 1. The Labute approximate surface area is 87.6 Å². The Hall–Kier alpha value is -1.97. The third-order valence-corrected chi connectivity index (χ3v) is 1.72. The quantitative estimate of drug-likeness (QED) is 0.551. The lowest BCUT2D eigenvalue weighted by Gasteiger charge is -1.98. The lowest BCUT2D eigenvalue weighted by Crippen LogP contribution is -2.03. The first-order chi connectivity index (χ1) is 7.27. The summed E-state index contributed by atoms with van der Waals surface area (Å²) in [6.07, 6.45) is 6.15. The molecule has 1 rings (SSSR count). The van der Waals surface area contributed by atoms with E-state index in [0.29, 0.717) is 6.42 Å². The van der Waals surface area contributed by atoms with Crippen LogP contribution < -0.4 is 0 Å². The lowest BCUT2D eigenvalue weighted by molar-refractivity contribution is -0.107. The molecule has 0 spiro atoms. The smallest absolute Gasteiger partial charge is 0.356 e. The zero-order chi connectivity index (χ0) is 11.1. The molecule has 0 aliphatic carbocycles. The molecule has 0 aliphatic heterocycles. The van der Waals surface area contributed by atoms with Crippen molar-refractivity contribution in [2.24, 2.45) is 0 Å². The SMILES string of the molecule is COC(=O)c1cc(C=CCC=O)ccn1. The minimum Gasteiger partial charge on any atom is -0.464 e. The molecule has 78 valence electrons. The molecule has 0 unspecified atom stereocenters. The summed E-state index contributed by atoms with van der Waals surface area (Å²) in [5.74, 6) is -0.472. The van der Waals surface area contributed by atoms with E-state index in [1.807, 2.05) is 0 Å². The van der Waals surface area contributed by atoms with Crippen LogP contribution in [0.5, 0.6) is 0 Å². The number of carbonyl (C=O) groups excluding carboxylic acids is 2. The maximum atomic E-state index is 11.1. The van der Waals surface area contributed by atoms with Crippen LogP contribution in [0.3, 0.4) is 0 Å². The van der Waals surface area contributed by atoms with Gasteiger partial charge < -0.3 is 9.53 Å². The molecular formula is C11H11NO3. The van der Waals surface area contributed by atoms with Gasteiger partial charge in [-0.15, -0.1) is 0 Å².